The van der Waals surface area contributed by atoms with E-state index < -0.39 is 0 Å². The second kappa shape index (κ2) is 3.52. The van der Waals surface area contributed by atoms with Crippen molar-refractivity contribution in [1.82, 2.24) is 4.98 Å². The van der Waals surface area contributed by atoms with Crippen molar-refractivity contribution in [3.63, 3.8) is 0 Å². The third-order valence-electron chi connectivity index (χ3n) is 1.63. The lowest BCUT2D eigenvalue weighted by Gasteiger charge is -1.91. The second-order valence-electron chi connectivity index (χ2n) is 2.56. The van der Waals surface area contributed by atoms with E-state index >= 15 is 0 Å². The number of nitrogens with zero attached hydrogens (tertiary/aromatic N) is 1. The number of hydrogen-bond donors (Lipinski definition) is 1. The number of nitrogens with one attached hydrogen (secondary N) is 1. The van der Waals surface area contributed by atoms with Crippen LogP contribution in [-0.4, -0.2) is 11.5 Å². The van der Waals surface area contributed by atoms with E-state index in [2.05, 4.69) is 17.2 Å². The minimum absolute atomic E-state index is 0.646. The van der Waals surface area contributed by atoms with Crippen LogP contribution >= 0.6 is 22.9 Å². The summed E-state index contributed by atoms with van der Waals surface area (Å²) in [6, 6.07) is 5.68. The fourth-order valence-electron chi connectivity index (χ4n) is 1.08. The third kappa shape index (κ3) is 1.76. The van der Waals surface area contributed by atoms with Crippen LogP contribution < -0.4 is 5.32 Å². The van der Waals surface area contributed by atoms with E-state index in [1.54, 1.807) is 11.3 Å². The molecule has 4 heteroatoms. The number of benzene rings is 1. The largest absolute Gasteiger partial charge is 0.361 e. The van der Waals surface area contributed by atoms with E-state index in [0.29, 0.717) is 6.54 Å². The molecule has 13 heavy (non-hydrogen) atoms. The molecule has 1 aromatic carbocycles. The molecule has 1 heterocycles. The average molecular weight is 212 g/mol. The van der Waals surface area contributed by atoms with Gasteiger partial charge in [-0.2, -0.15) is 0 Å². The maximum absolute atomic E-state index is 5.85. The van der Waals surface area contributed by atoms with Gasteiger partial charge in [0, 0.05) is 11.6 Å². The van der Waals surface area contributed by atoms with Gasteiger partial charge >= 0.3 is 0 Å². The number of aromatic nitrogens is 1. The highest BCUT2D eigenvalue weighted by Crippen LogP contribution is 2.27. The number of thiazole rings is 1. The Morgan fingerprint density at radius 3 is 3.15 bits per heavy atom. The zero-order valence-electron chi connectivity index (χ0n) is 6.88. The van der Waals surface area contributed by atoms with Gasteiger partial charge in [-0.1, -0.05) is 22.9 Å². The number of hydrogen-bond acceptors (Lipinski definition) is 3. The Hall–Kier alpha value is -0.800. The van der Waals surface area contributed by atoms with Crippen LogP contribution in [0.1, 0.15) is 0 Å². The molecule has 1 radical (unpaired) electrons. The highest BCUT2D eigenvalue weighted by molar-refractivity contribution is 7.22. The lowest BCUT2D eigenvalue weighted by Crippen LogP contribution is -1.94. The van der Waals surface area contributed by atoms with Crippen LogP contribution in [0.25, 0.3) is 10.2 Å². The van der Waals surface area contributed by atoms with Crippen molar-refractivity contribution in [1.29, 1.82) is 0 Å². The van der Waals surface area contributed by atoms with Crippen molar-refractivity contribution >= 4 is 38.3 Å². The van der Waals surface area contributed by atoms with Crippen molar-refractivity contribution in [2.75, 3.05) is 11.9 Å². The molecule has 0 atom stereocenters. The van der Waals surface area contributed by atoms with Gasteiger partial charge in [-0.05, 0) is 25.1 Å². The van der Waals surface area contributed by atoms with Crippen LogP contribution in [0.2, 0.25) is 5.02 Å². The van der Waals surface area contributed by atoms with Crippen LogP contribution in [0, 0.1) is 6.92 Å². The van der Waals surface area contributed by atoms with Gasteiger partial charge < -0.3 is 5.32 Å². The Morgan fingerprint density at radius 2 is 2.38 bits per heavy atom. The van der Waals surface area contributed by atoms with E-state index in [0.717, 1.165) is 20.4 Å². The molecule has 0 aliphatic heterocycles. The van der Waals surface area contributed by atoms with Crippen LogP contribution in [0.4, 0.5) is 5.13 Å². The number of rotatable bonds is 2. The summed E-state index contributed by atoms with van der Waals surface area (Å²) >= 11 is 7.44. The summed E-state index contributed by atoms with van der Waals surface area (Å²) in [4.78, 5) is 4.35. The smallest absolute Gasteiger partial charge is 0.183 e. The van der Waals surface area contributed by atoms with Crippen LogP contribution in [0.15, 0.2) is 18.2 Å². The Morgan fingerprint density at radius 1 is 1.54 bits per heavy atom. The molecule has 0 spiro atoms. The summed E-state index contributed by atoms with van der Waals surface area (Å²) in [6.07, 6.45) is 0. The Kier molecular flexibility index (Phi) is 2.38. The van der Waals surface area contributed by atoms with E-state index in [1.807, 2.05) is 18.2 Å². The molecule has 0 unspecified atom stereocenters. The average Bonchev–Trinajstić information content (AvgIpc) is 2.46. The minimum Gasteiger partial charge on any atom is -0.361 e. The van der Waals surface area contributed by atoms with Crippen molar-refractivity contribution < 1.29 is 0 Å². The summed E-state index contributed by atoms with van der Waals surface area (Å²) < 4.78 is 1.10. The molecular formula is C9H8ClN2S. The fourth-order valence-corrected chi connectivity index (χ4v) is 2.25. The molecule has 0 fully saturated rings. The lowest BCUT2D eigenvalue weighted by atomic mass is 10.3. The molecule has 1 aromatic heterocycles. The molecule has 2 nitrogen and oxygen atoms in total. The topological polar surface area (TPSA) is 24.9 Å². The van der Waals surface area contributed by atoms with E-state index in [1.165, 1.54) is 0 Å². The first-order chi connectivity index (χ1) is 6.29. The van der Waals surface area contributed by atoms with Gasteiger partial charge in [-0.3, -0.25) is 0 Å². The molecule has 67 valence electrons. The number of fused-ring (bicyclic) bond motifs is 1. The molecule has 2 aromatic rings. The maximum Gasteiger partial charge on any atom is 0.183 e. The van der Waals surface area contributed by atoms with Gasteiger partial charge in [0.25, 0.3) is 0 Å². The van der Waals surface area contributed by atoms with Crippen LogP contribution in [0.5, 0.6) is 0 Å². The van der Waals surface area contributed by atoms with E-state index in [9.17, 15) is 0 Å². The summed E-state index contributed by atoms with van der Waals surface area (Å²) in [5.74, 6) is 0. The highest BCUT2D eigenvalue weighted by Gasteiger charge is 2.02. The predicted octanol–water partition coefficient (Wildman–Crippen LogP) is 3.20. The van der Waals surface area contributed by atoms with Gasteiger partial charge in [0.2, 0.25) is 0 Å². The van der Waals surface area contributed by atoms with Crippen molar-refractivity contribution in [2.24, 2.45) is 0 Å². The van der Waals surface area contributed by atoms with Gasteiger partial charge in [0.05, 0.1) is 10.2 Å². The van der Waals surface area contributed by atoms with Crippen LogP contribution in [-0.2, 0) is 0 Å². The third-order valence-corrected chi connectivity index (χ3v) is 2.84. The fraction of sp³-hybridized carbons (Fsp3) is 0.111. The zero-order valence-corrected chi connectivity index (χ0v) is 8.45. The molecule has 0 amide bonds. The molecule has 1 N–H and O–H groups in total. The monoisotopic (exact) mass is 211 g/mol. The molecule has 0 bridgehead atoms. The highest BCUT2D eigenvalue weighted by atomic mass is 35.5. The quantitative estimate of drug-likeness (QED) is 0.825. The first kappa shape index (κ1) is 8.78. The second-order valence-corrected chi connectivity index (χ2v) is 4.02. The summed E-state index contributed by atoms with van der Waals surface area (Å²) in [6.45, 7) is 4.34. The Bertz CT molecular complexity index is 424. The van der Waals surface area contributed by atoms with Gasteiger partial charge in [-0.15, -0.1) is 0 Å². The molecule has 0 aliphatic rings. The molecule has 0 aliphatic carbocycles. The molecule has 2 rings (SSSR count). The molecule has 0 saturated heterocycles. The first-order valence-corrected chi connectivity index (χ1v) is 5.08. The SMILES string of the molecule is [CH2]CNc1nc2ccc(Cl)cc2s1. The molecular weight excluding hydrogens is 204 g/mol. The Labute approximate surface area is 85.6 Å². The van der Waals surface area contributed by atoms with Crippen molar-refractivity contribution in [3.8, 4) is 0 Å². The van der Waals surface area contributed by atoms with Crippen molar-refractivity contribution in [2.45, 2.75) is 0 Å². The summed E-state index contributed by atoms with van der Waals surface area (Å²) in [7, 11) is 0. The summed E-state index contributed by atoms with van der Waals surface area (Å²) in [5.41, 5.74) is 0.977. The van der Waals surface area contributed by atoms with Gasteiger partial charge in [0.15, 0.2) is 5.13 Å². The normalized spacial score (nSPS) is 10.6. The number of halogens is 1. The Balaban J connectivity index is 2.49. The van der Waals surface area contributed by atoms with Gasteiger partial charge in [-0.25, -0.2) is 4.98 Å². The number of anilines is 1. The van der Waals surface area contributed by atoms with Crippen LogP contribution in [0.3, 0.4) is 0 Å². The van der Waals surface area contributed by atoms with E-state index in [-0.39, 0.29) is 0 Å². The van der Waals surface area contributed by atoms with Gasteiger partial charge in [0.1, 0.15) is 0 Å². The minimum atomic E-state index is 0.646. The lowest BCUT2D eigenvalue weighted by molar-refractivity contribution is 1.30. The first-order valence-electron chi connectivity index (χ1n) is 3.89. The van der Waals surface area contributed by atoms with E-state index in [4.69, 9.17) is 11.6 Å². The summed E-state index contributed by atoms with van der Waals surface area (Å²) in [5, 5.41) is 4.71. The van der Waals surface area contributed by atoms with Crippen molar-refractivity contribution in [3.05, 3.63) is 30.1 Å². The standard InChI is InChI=1S/C9H8ClN2S/c1-2-11-9-12-7-4-3-6(10)5-8(7)13-9/h3-5H,1-2H2,(H,11,12). The maximum atomic E-state index is 5.85. The zero-order chi connectivity index (χ0) is 9.26. The predicted molar refractivity (Wildman–Crippen MR) is 58.5 cm³/mol. The molecule has 0 saturated carbocycles.